The van der Waals surface area contributed by atoms with Crippen LogP contribution >= 0.6 is 0 Å². The number of unbranched alkanes of at least 4 members (excludes halogenated alkanes) is 29. The summed E-state index contributed by atoms with van der Waals surface area (Å²) in [6, 6.07) is 0. The van der Waals surface area contributed by atoms with Gasteiger partial charge in [0.25, 0.3) is 0 Å². The first-order valence-corrected chi connectivity index (χ1v) is 26.6. The van der Waals surface area contributed by atoms with Crippen molar-refractivity contribution < 1.29 is 28.6 Å². The highest BCUT2D eigenvalue weighted by Crippen LogP contribution is 2.16. The standard InChI is InChI=1S/C56H100O6/c1-4-7-10-13-16-19-22-25-26-27-28-29-32-34-37-40-43-46-49-55(58)61-52-53(62-56(59)50-47-44-41-38-35-31-24-21-18-15-12-9-6-3)51-60-54(57)48-45-42-39-36-33-30-23-20-17-14-11-8-5-2/h9,12,18,21,31,35,41,44,53H,4-8,10-11,13-17,19-20,22-30,32-34,36-40,42-43,45-52H2,1-3H3/b12-9-,21-18-,35-31-,44-41-. The van der Waals surface area contributed by atoms with Crippen molar-refractivity contribution >= 4 is 17.9 Å². The van der Waals surface area contributed by atoms with Crippen molar-refractivity contribution in [3.8, 4) is 0 Å². The minimum Gasteiger partial charge on any atom is -0.462 e. The molecule has 0 bridgehead atoms. The van der Waals surface area contributed by atoms with Crippen molar-refractivity contribution in [3.63, 3.8) is 0 Å². The van der Waals surface area contributed by atoms with Gasteiger partial charge in [-0.3, -0.25) is 14.4 Å². The van der Waals surface area contributed by atoms with Crippen molar-refractivity contribution in [3.05, 3.63) is 48.6 Å². The fourth-order valence-corrected chi connectivity index (χ4v) is 7.63. The lowest BCUT2D eigenvalue weighted by molar-refractivity contribution is -0.166. The van der Waals surface area contributed by atoms with Crippen LogP contribution < -0.4 is 0 Å². The van der Waals surface area contributed by atoms with Crippen LogP contribution in [0.4, 0.5) is 0 Å². The van der Waals surface area contributed by atoms with Gasteiger partial charge in [-0.15, -0.1) is 0 Å². The molecule has 0 spiro atoms. The van der Waals surface area contributed by atoms with E-state index < -0.39 is 6.10 Å². The molecule has 0 radical (unpaired) electrons. The summed E-state index contributed by atoms with van der Waals surface area (Å²) < 4.78 is 16.7. The quantitative estimate of drug-likeness (QED) is 0.0262. The van der Waals surface area contributed by atoms with Crippen molar-refractivity contribution in [1.82, 2.24) is 0 Å². The summed E-state index contributed by atoms with van der Waals surface area (Å²) in [5.74, 6) is -0.968. The second kappa shape index (κ2) is 51.0. The normalized spacial score (nSPS) is 12.4. The van der Waals surface area contributed by atoms with Gasteiger partial charge in [-0.25, -0.2) is 0 Å². The Balaban J connectivity index is 4.38. The van der Waals surface area contributed by atoms with Gasteiger partial charge in [0.1, 0.15) is 13.2 Å². The smallest absolute Gasteiger partial charge is 0.306 e. The van der Waals surface area contributed by atoms with Crippen LogP contribution in [-0.2, 0) is 28.6 Å². The van der Waals surface area contributed by atoms with Gasteiger partial charge in [-0.2, -0.15) is 0 Å². The third-order valence-electron chi connectivity index (χ3n) is 11.6. The molecule has 0 aromatic heterocycles. The van der Waals surface area contributed by atoms with Gasteiger partial charge in [0.2, 0.25) is 0 Å². The Morgan fingerprint density at radius 1 is 0.339 bits per heavy atom. The monoisotopic (exact) mass is 869 g/mol. The fraction of sp³-hybridized carbons (Fsp3) is 0.804. The number of carbonyl (C=O) groups excluding carboxylic acids is 3. The molecule has 1 unspecified atom stereocenters. The number of hydrogen-bond acceptors (Lipinski definition) is 6. The molecule has 0 amide bonds. The number of rotatable bonds is 48. The summed E-state index contributed by atoms with van der Waals surface area (Å²) in [6.45, 7) is 6.49. The first-order valence-electron chi connectivity index (χ1n) is 26.6. The molecule has 6 nitrogen and oxygen atoms in total. The van der Waals surface area contributed by atoms with Crippen molar-refractivity contribution in [2.75, 3.05) is 13.2 Å². The van der Waals surface area contributed by atoms with Crippen LogP contribution in [-0.4, -0.2) is 37.2 Å². The maximum absolute atomic E-state index is 12.7. The Kier molecular flexibility index (Phi) is 48.8. The summed E-state index contributed by atoms with van der Waals surface area (Å²) in [4.78, 5) is 37.9. The molecule has 1 atom stereocenters. The fourth-order valence-electron chi connectivity index (χ4n) is 7.63. The summed E-state index contributed by atoms with van der Waals surface area (Å²) >= 11 is 0. The van der Waals surface area contributed by atoms with Gasteiger partial charge in [-0.05, 0) is 44.9 Å². The number of hydrogen-bond donors (Lipinski definition) is 0. The summed E-state index contributed by atoms with van der Waals surface area (Å²) in [7, 11) is 0. The Hall–Kier alpha value is -2.63. The molecule has 0 aliphatic carbocycles. The summed E-state index contributed by atoms with van der Waals surface area (Å²) in [5.41, 5.74) is 0. The molecular formula is C56H100O6. The molecule has 0 aromatic carbocycles. The SMILES string of the molecule is CC/C=C\C/C=C\C/C=C\C/C=C\CCC(=O)OC(COC(=O)CCCCCCCCCCCCCCC)COC(=O)CCCCCCCCCCCCCCCCCCCC. The van der Waals surface area contributed by atoms with Gasteiger partial charge in [0.05, 0.1) is 0 Å². The van der Waals surface area contributed by atoms with E-state index in [4.69, 9.17) is 14.2 Å². The van der Waals surface area contributed by atoms with E-state index in [0.717, 1.165) is 64.2 Å². The van der Waals surface area contributed by atoms with Crippen LogP contribution in [0, 0.1) is 0 Å². The Morgan fingerprint density at radius 2 is 0.629 bits per heavy atom. The first-order chi connectivity index (χ1) is 30.5. The predicted molar refractivity (Wildman–Crippen MR) is 265 cm³/mol. The Bertz CT molecular complexity index is 1090. The van der Waals surface area contributed by atoms with E-state index in [1.54, 1.807) is 0 Å². The van der Waals surface area contributed by atoms with Gasteiger partial charge in [-0.1, -0.05) is 256 Å². The number of esters is 3. The largest absolute Gasteiger partial charge is 0.462 e. The van der Waals surface area contributed by atoms with Crippen molar-refractivity contribution in [1.29, 1.82) is 0 Å². The molecule has 6 heteroatoms. The van der Waals surface area contributed by atoms with Crippen LogP contribution in [0.3, 0.4) is 0 Å². The number of ether oxygens (including phenoxy) is 3. The van der Waals surface area contributed by atoms with Crippen molar-refractivity contribution in [2.24, 2.45) is 0 Å². The Labute approximate surface area is 384 Å². The van der Waals surface area contributed by atoms with Crippen LogP contribution in [0.15, 0.2) is 48.6 Å². The minimum absolute atomic E-state index is 0.0976. The molecule has 0 saturated heterocycles. The average molecular weight is 869 g/mol. The number of allylic oxidation sites excluding steroid dienone is 8. The zero-order valence-corrected chi connectivity index (χ0v) is 41.1. The van der Waals surface area contributed by atoms with E-state index in [-0.39, 0.29) is 37.5 Å². The molecule has 0 saturated carbocycles. The van der Waals surface area contributed by atoms with Crippen LogP contribution in [0.5, 0.6) is 0 Å². The topological polar surface area (TPSA) is 78.9 Å². The predicted octanol–water partition coefficient (Wildman–Crippen LogP) is 17.5. The third kappa shape index (κ3) is 48.4. The van der Waals surface area contributed by atoms with E-state index in [1.807, 2.05) is 6.08 Å². The molecule has 0 heterocycles. The van der Waals surface area contributed by atoms with Crippen LogP contribution in [0.2, 0.25) is 0 Å². The zero-order chi connectivity index (χ0) is 45.1. The molecule has 0 rings (SSSR count). The molecule has 62 heavy (non-hydrogen) atoms. The van der Waals surface area contributed by atoms with Gasteiger partial charge in [0, 0.05) is 19.3 Å². The van der Waals surface area contributed by atoms with E-state index in [9.17, 15) is 14.4 Å². The summed E-state index contributed by atoms with van der Waals surface area (Å²) in [5, 5.41) is 0. The molecular weight excluding hydrogens is 769 g/mol. The molecule has 0 aliphatic rings. The first kappa shape index (κ1) is 59.4. The van der Waals surface area contributed by atoms with Crippen LogP contribution in [0.25, 0.3) is 0 Å². The Morgan fingerprint density at radius 3 is 0.952 bits per heavy atom. The minimum atomic E-state index is -0.806. The van der Waals surface area contributed by atoms with E-state index in [0.29, 0.717) is 19.3 Å². The second-order valence-corrected chi connectivity index (χ2v) is 17.8. The highest BCUT2D eigenvalue weighted by molar-refractivity contribution is 5.71. The summed E-state index contributed by atoms with van der Waals surface area (Å²) in [6.07, 6.45) is 61.1. The third-order valence-corrected chi connectivity index (χ3v) is 11.6. The lowest BCUT2D eigenvalue weighted by Gasteiger charge is -2.18. The lowest BCUT2D eigenvalue weighted by atomic mass is 10.0. The highest BCUT2D eigenvalue weighted by Gasteiger charge is 2.19. The molecule has 0 N–H and O–H groups in total. The van der Waals surface area contributed by atoms with E-state index in [2.05, 4.69) is 63.3 Å². The van der Waals surface area contributed by atoms with E-state index in [1.165, 1.54) is 161 Å². The number of carbonyl (C=O) groups is 3. The van der Waals surface area contributed by atoms with Gasteiger partial charge < -0.3 is 14.2 Å². The zero-order valence-electron chi connectivity index (χ0n) is 41.1. The van der Waals surface area contributed by atoms with Gasteiger partial charge in [0.15, 0.2) is 6.10 Å². The second-order valence-electron chi connectivity index (χ2n) is 17.8. The highest BCUT2D eigenvalue weighted by atomic mass is 16.6. The maximum atomic E-state index is 12.7. The average Bonchev–Trinajstić information content (AvgIpc) is 3.27. The molecule has 0 aliphatic heterocycles. The molecule has 0 fully saturated rings. The van der Waals surface area contributed by atoms with Gasteiger partial charge >= 0.3 is 17.9 Å². The molecule has 360 valence electrons. The maximum Gasteiger partial charge on any atom is 0.306 e. The van der Waals surface area contributed by atoms with Crippen LogP contribution in [0.1, 0.15) is 271 Å². The molecule has 0 aromatic rings. The van der Waals surface area contributed by atoms with Crippen molar-refractivity contribution in [2.45, 2.75) is 277 Å². The van der Waals surface area contributed by atoms with E-state index >= 15 is 0 Å². The lowest BCUT2D eigenvalue weighted by Crippen LogP contribution is -2.30.